The van der Waals surface area contributed by atoms with Crippen LogP contribution in [0.3, 0.4) is 0 Å². The van der Waals surface area contributed by atoms with Crippen molar-refractivity contribution in [2.24, 2.45) is 11.1 Å². The summed E-state index contributed by atoms with van der Waals surface area (Å²) in [4.78, 5) is 83.6. The van der Waals surface area contributed by atoms with E-state index >= 15 is 0 Å². The first-order valence-corrected chi connectivity index (χ1v) is 16.1. The maximum atomic E-state index is 13.4. The van der Waals surface area contributed by atoms with E-state index in [0.29, 0.717) is 37.1 Å². The van der Waals surface area contributed by atoms with E-state index in [0.717, 1.165) is 16.4 Å². The van der Waals surface area contributed by atoms with Gasteiger partial charge < -0.3 is 39.4 Å². The Morgan fingerprint density at radius 1 is 1.21 bits per heavy atom. The molecule has 0 bridgehead atoms. The molecule has 4 aliphatic rings. The molecule has 6 rings (SSSR count). The monoisotopic (exact) mass is 689 g/mol. The van der Waals surface area contributed by atoms with Gasteiger partial charge in [-0.1, -0.05) is 5.16 Å². The number of allylic oxidation sites excluding steroid dienone is 1. The van der Waals surface area contributed by atoms with E-state index in [-0.39, 0.29) is 65.4 Å². The summed E-state index contributed by atoms with van der Waals surface area (Å²) in [5.74, 6) is -4.38. The van der Waals surface area contributed by atoms with Gasteiger partial charge in [-0.15, -0.1) is 11.8 Å². The Bertz CT molecular complexity index is 1830. The number of fused-ring (bicyclic) bond motifs is 1. The Morgan fingerprint density at radius 3 is 2.66 bits per heavy atom. The zero-order valence-corrected chi connectivity index (χ0v) is 26.2. The molecule has 0 aromatic carbocycles. The number of β-lactam (4-membered cyclic amide) rings is 1. The number of aliphatic carboxylic acids is 1. The third-order valence-electron chi connectivity index (χ3n) is 8.26. The number of hydrogen-bond acceptors (Lipinski definition) is 16. The number of aryl methyl sites for hydroxylation is 1. The number of ether oxygens (including phenoxy) is 1. The van der Waals surface area contributed by atoms with Gasteiger partial charge in [-0.2, -0.15) is 9.36 Å². The molecule has 3 atom stereocenters. The minimum absolute atomic E-state index is 0.0602. The number of nitrogens with two attached hydrogens (primary N) is 1. The standard InChI is InChI=1S/C27H27N7O11S2/c1-11-17(45-27(41)44-11)9-43-26(40)32-4-3-14(8-32)33-5-2-12(21(33)36)6-13-10-46-23-15(22(37)34(23)19(13)24(38)39)7-16(35)18(30-42)20-29-25(28)47-31-20/h6,14-15,23,42H,2-5,7-10H2,1H3,(H,38,39)(H2,28,29,31)/b12-6+,30-18+/t14-,15-,23?/m1/s1. The van der Waals surface area contributed by atoms with Gasteiger partial charge in [0, 0.05) is 48.9 Å². The first kappa shape index (κ1) is 32.0. The average molecular weight is 690 g/mol. The van der Waals surface area contributed by atoms with Crippen molar-refractivity contribution in [2.45, 2.75) is 44.2 Å². The van der Waals surface area contributed by atoms with Gasteiger partial charge in [-0.05, 0) is 31.4 Å². The Hall–Kier alpha value is -4.98. The number of carbonyl (C=O) groups excluding carboxylic acids is 4. The molecule has 2 aromatic heterocycles. The van der Waals surface area contributed by atoms with Crippen LogP contribution in [0.2, 0.25) is 0 Å². The van der Waals surface area contributed by atoms with E-state index in [9.17, 15) is 39.1 Å². The molecule has 20 heteroatoms. The van der Waals surface area contributed by atoms with E-state index in [4.69, 9.17) is 19.3 Å². The van der Waals surface area contributed by atoms with Gasteiger partial charge >= 0.3 is 17.9 Å². The van der Waals surface area contributed by atoms with Crippen LogP contribution in [0.4, 0.5) is 9.93 Å². The number of likely N-dealkylation sites (tertiary alicyclic amines) is 2. The summed E-state index contributed by atoms with van der Waals surface area (Å²) in [6.45, 7) is 2.17. The lowest BCUT2D eigenvalue weighted by molar-refractivity contribution is -0.153. The van der Waals surface area contributed by atoms with Crippen LogP contribution in [0.1, 0.15) is 36.6 Å². The number of carbonyl (C=O) groups is 5. The Labute approximate surface area is 272 Å². The molecule has 2 aromatic rings. The average Bonchev–Trinajstić information content (AvgIpc) is 3.83. The number of nitrogen functional groups attached to an aromatic ring is 1. The molecule has 3 fully saturated rings. The number of thioether (sulfide) groups is 1. The van der Waals surface area contributed by atoms with E-state index < -0.39 is 46.6 Å². The molecule has 1 unspecified atom stereocenters. The van der Waals surface area contributed by atoms with Gasteiger partial charge in [0.1, 0.15) is 5.70 Å². The van der Waals surface area contributed by atoms with Crippen LogP contribution in [0.15, 0.2) is 41.7 Å². The molecule has 6 heterocycles. The summed E-state index contributed by atoms with van der Waals surface area (Å²) >= 11 is 2.06. The maximum Gasteiger partial charge on any atom is 0.519 e. The molecule has 3 amide bonds. The number of carboxylic acid groups (broad SMARTS) is 1. The van der Waals surface area contributed by atoms with Gasteiger partial charge in [0.2, 0.25) is 17.6 Å². The highest BCUT2D eigenvalue weighted by atomic mass is 32.2. The highest BCUT2D eigenvalue weighted by molar-refractivity contribution is 8.00. The summed E-state index contributed by atoms with van der Waals surface area (Å²) in [6, 6.07) is -0.286. The van der Waals surface area contributed by atoms with Gasteiger partial charge in [-0.25, -0.2) is 14.4 Å². The second-order valence-electron chi connectivity index (χ2n) is 11.0. The molecular formula is C27H27N7O11S2. The quantitative estimate of drug-likeness (QED) is 0.107. The number of nitrogens with zero attached hydrogens (tertiary/aromatic N) is 6. The van der Waals surface area contributed by atoms with Crippen molar-refractivity contribution in [3.05, 3.63) is 50.9 Å². The number of oxime groups is 1. The van der Waals surface area contributed by atoms with E-state index in [1.807, 2.05) is 0 Å². The van der Waals surface area contributed by atoms with Crippen LogP contribution in [0.5, 0.6) is 0 Å². The molecule has 0 spiro atoms. The van der Waals surface area contributed by atoms with Gasteiger partial charge in [-0.3, -0.25) is 19.3 Å². The van der Waals surface area contributed by atoms with Crippen LogP contribution in [-0.4, -0.2) is 107 Å². The smallest absolute Gasteiger partial charge is 0.477 e. The lowest BCUT2D eigenvalue weighted by Gasteiger charge is -2.49. The minimum atomic E-state index is -1.35. The fourth-order valence-electron chi connectivity index (χ4n) is 5.96. The van der Waals surface area contributed by atoms with E-state index in [1.165, 1.54) is 29.7 Å². The lowest BCUT2D eigenvalue weighted by Crippen LogP contribution is -2.62. The summed E-state index contributed by atoms with van der Waals surface area (Å²) in [6.07, 6.45) is 1.37. The van der Waals surface area contributed by atoms with Crippen LogP contribution < -0.4 is 11.6 Å². The number of ketones is 1. The number of amides is 3. The third-order valence-corrected chi connectivity index (χ3v) is 10.2. The summed E-state index contributed by atoms with van der Waals surface area (Å²) in [5, 5.41) is 21.8. The van der Waals surface area contributed by atoms with Crippen molar-refractivity contribution < 1.29 is 47.9 Å². The molecular weight excluding hydrogens is 662 g/mol. The molecule has 0 radical (unpaired) electrons. The van der Waals surface area contributed by atoms with Crippen LogP contribution in [0.25, 0.3) is 0 Å². The molecule has 248 valence electrons. The number of carboxylic acids is 1. The second kappa shape index (κ2) is 12.7. The van der Waals surface area contributed by atoms with Crippen molar-refractivity contribution in [1.82, 2.24) is 24.1 Å². The fourth-order valence-corrected chi connectivity index (χ4v) is 7.76. The van der Waals surface area contributed by atoms with E-state index in [1.54, 1.807) is 4.90 Å². The molecule has 0 saturated carbocycles. The normalized spacial score (nSPS) is 23.9. The van der Waals surface area contributed by atoms with Crippen LogP contribution in [-0.2, 0) is 30.5 Å². The zero-order valence-electron chi connectivity index (χ0n) is 24.6. The van der Waals surface area contributed by atoms with Crippen molar-refractivity contribution in [2.75, 3.05) is 31.1 Å². The summed E-state index contributed by atoms with van der Waals surface area (Å²) < 4.78 is 18.7. The third kappa shape index (κ3) is 6.00. The number of rotatable bonds is 9. The predicted octanol–water partition coefficient (Wildman–Crippen LogP) is 0.552. The van der Waals surface area contributed by atoms with Crippen LogP contribution >= 0.6 is 23.3 Å². The summed E-state index contributed by atoms with van der Waals surface area (Å²) in [7, 11) is 0. The molecule has 4 aliphatic heterocycles. The van der Waals surface area contributed by atoms with Gasteiger partial charge in [0.25, 0.3) is 0 Å². The van der Waals surface area contributed by atoms with E-state index in [2.05, 4.69) is 14.5 Å². The predicted molar refractivity (Wildman–Crippen MR) is 160 cm³/mol. The molecule has 3 saturated heterocycles. The molecule has 0 aliphatic carbocycles. The zero-order chi connectivity index (χ0) is 33.6. The topological polar surface area (TPSA) is 252 Å². The first-order valence-electron chi connectivity index (χ1n) is 14.2. The highest BCUT2D eigenvalue weighted by Gasteiger charge is 2.54. The molecule has 47 heavy (non-hydrogen) atoms. The number of Topliss-reactive ketones (excluding diaryl/α,β-unsaturated/α-hetero) is 1. The van der Waals surface area contributed by atoms with Crippen molar-refractivity contribution in [3.63, 3.8) is 0 Å². The SMILES string of the molecule is Cc1oc(=O)oc1COC(=O)N1CC[C@@H](N2CC/C(=C\C3=C(C(=O)O)N4C(=O)[C@@H](CC(=O)/C(=N\O)c5nsc(N)n5)C4SC3)C2=O)C1. The van der Waals surface area contributed by atoms with Crippen molar-refractivity contribution >= 4 is 63.8 Å². The van der Waals surface area contributed by atoms with Gasteiger partial charge in [0.15, 0.2) is 34.8 Å². The number of hydrogen-bond donors (Lipinski definition) is 3. The fraction of sp³-hybridized carbons (Fsp3) is 0.444. The Morgan fingerprint density at radius 2 is 2.00 bits per heavy atom. The van der Waals surface area contributed by atoms with Gasteiger partial charge in [0.05, 0.1) is 17.3 Å². The summed E-state index contributed by atoms with van der Waals surface area (Å²) in [5.41, 5.74) is 5.50. The Kier molecular flexibility index (Phi) is 8.62. The van der Waals surface area contributed by atoms with Crippen molar-refractivity contribution in [1.29, 1.82) is 0 Å². The molecule has 18 nitrogen and oxygen atoms in total. The number of anilines is 1. The highest BCUT2D eigenvalue weighted by Crippen LogP contribution is 2.46. The Balaban J connectivity index is 1.09. The lowest BCUT2D eigenvalue weighted by atomic mass is 9.89. The maximum absolute atomic E-state index is 13.4. The largest absolute Gasteiger partial charge is 0.519 e. The molecule has 4 N–H and O–H groups in total. The number of aromatic nitrogens is 2. The van der Waals surface area contributed by atoms with Crippen molar-refractivity contribution in [3.8, 4) is 0 Å². The van der Waals surface area contributed by atoms with Crippen LogP contribution in [0, 0.1) is 12.8 Å². The first-order chi connectivity index (χ1) is 22.5. The second-order valence-corrected chi connectivity index (χ2v) is 12.9. The minimum Gasteiger partial charge on any atom is -0.477 e.